The molecule has 2 N–H and O–H groups in total. The van der Waals surface area contributed by atoms with E-state index in [-0.39, 0.29) is 18.9 Å². The lowest BCUT2D eigenvalue weighted by Crippen LogP contribution is -2.44. The largest absolute Gasteiger partial charge is 0.480 e. The van der Waals surface area contributed by atoms with Crippen molar-refractivity contribution in [2.24, 2.45) is 0 Å². The Morgan fingerprint density at radius 2 is 2.32 bits per heavy atom. The number of amides is 1. The molecule has 7 heteroatoms. The van der Waals surface area contributed by atoms with Crippen LogP contribution >= 0.6 is 11.6 Å². The molecule has 0 aliphatic heterocycles. The number of aliphatic carboxylic acids is 1. The molecule has 1 amide bonds. The molecule has 6 nitrogen and oxygen atoms in total. The Bertz CT molecular complexity index is 461. The minimum absolute atomic E-state index is 0.0828. The summed E-state index contributed by atoms with van der Waals surface area (Å²) in [6.45, 7) is 3.49. The van der Waals surface area contributed by atoms with E-state index in [0.717, 1.165) is 0 Å². The molecule has 0 fully saturated rings. The van der Waals surface area contributed by atoms with E-state index in [4.69, 9.17) is 21.4 Å². The Morgan fingerprint density at radius 1 is 1.58 bits per heavy atom. The number of carboxylic acid groups (broad SMARTS) is 1. The Balaban J connectivity index is 2.62. The van der Waals surface area contributed by atoms with Gasteiger partial charge in [0.1, 0.15) is 5.69 Å². The first-order valence-corrected chi connectivity index (χ1v) is 5.76. The smallest absolute Gasteiger partial charge is 0.328 e. The molecule has 0 aromatic carbocycles. The van der Waals surface area contributed by atoms with E-state index in [0.29, 0.717) is 5.02 Å². The number of carboxylic acids is 1. The fourth-order valence-electron chi connectivity index (χ4n) is 1.19. The van der Waals surface area contributed by atoms with Crippen LogP contribution in [0, 0.1) is 0 Å². The van der Waals surface area contributed by atoms with E-state index in [1.165, 1.54) is 24.4 Å². The number of carbonyl (C=O) groups excluding carboxylic acids is 1. The molecule has 0 aliphatic carbocycles. The van der Waals surface area contributed by atoms with Crippen molar-refractivity contribution in [1.82, 2.24) is 10.3 Å². The molecule has 1 atom stereocenters. The second-order valence-corrected chi connectivity index (χ2v) is 3.99. The molecular formula is C12H13ClN2O4. The van der Waals surface area contributed by atoms with Crippen molar-refractivity contribution in [3.63, 3.8) is 0 Å². The number of ether oxygens (including phenoxy) is 1. The predicted molar refractivity (Wildman–Crippen MR) is 69.2 cm³/mol. The van der Waals surface area contributed by atoms with E-state index < -0.39 is 17.9 Å². The molecule has 0 saturated carbocycles. The summed E-state index contributed by atoms with van der Waals surface area (Å²) in [7, 11) is 0. The molecule has 0 saturated heterocycles. The van der Waals surface area contributed by atoms with Gasteiger partial charge in [-0.05, 0) is 12.1 Å². The molecule has 19 heavy (non-hydrogen) atoms. The molecule has 1 aromatic rings. The Labute approximate surface area is 115 Å². The highest BCUT2D eigenvalue weighted by molar-refractivity contribution is 6.30. The van der Waals surface area contributed by atoms with Crippen LogP contribution in [0.2, 0.25) is 5.02 Å². The number of rotatable bonds is 7. The van der Waals surface area contributed by atoms with Crippen molar-refractivity contribution in [3.8, 4) is 0 Å². The normalized spacial score (nSPS) is 11.6. The van der Waals surface area contributed by atoms with Gasteiger partial charge in [-0.25, -0.2) is 9.78 Å². The van der Waals surface area contributed by atoms with Gasteiger partial charge in [-0.1, -0.05) is 17.7 Å². The van der Waals surface area contributed by atoms with Gasteiger partial charge in [0.25, 0.3) is 5.91 Å². The average molecular weight is 285 g/mol. The molecule has 1 heterocycles. The van der Waals surface area contributed by atoms with E-state index in [2.05, 4.69) is 16.9 Å². The van der Waals surface area contributed by atoms with Crippen molar-refractivity contribution >= 4 is 23.5 Å². The van der Waals surface area contributed by atoms with Crippen molar-refractivity contribution in [1.29, 1.82) is 0 Å². The van der Waals surface area contributed by atoms with Gasteiger partial charge in [0.15, 0.2) is 6.04 Å². The van der Waals surface area contributed by atoms with Crippen LogP contribution in [0.5, 0.6) is 0 Å². The fourth-order valence-corrected chi connectivity index (χ4v) is 1.30. The van der Waals surface area contributed by atoms with Gasteiger partial charge in [0.2, 0.25) is 0 Å². The van der Waals surface area contributed by atoms with Crippen molar-refractivity contribution in [2.75, 3.05) is 13.2 Å². The summed E-state index contributed by atoms with van der Waals surface area (Å²) in [5, 5.41) is 11.6. The van der Waals surface area contributed by atoms with Gasteiger partial charge in [0, 0.05) is 6.20 Å². The lowest BCUT2D eigenvalue weighted by Gasteiger charge is -2.13. The summed E-state index contributed by atoms with van der Waals surface area (Å²) in [5.41, 5.74) is 0.0828. The van der Waals surface area contributed by atoms with Crippen LogP contribution in [0.4, 0.5) is 0 Å². The van der Waals surface area contributed by atoms with E-state index >= 15 is 0 Å². The highest BCUT2D eigenvalue weighted by atomic mass is 35.5. The predicted octanol–water partition coefficient (Wildman–Crippen LogP) is 1.12. The van der Waals surface area contributed by atoms with Crippen molar-refractivity contribution in [3.05, 3.63) is 41.7 Å². The highest BCUT2D eigenvalue weighted by Crippen LogP contribution is 2.06. The SMILES string of the molecule is C=CCOCC(NC(=O)c1ccc(Cl)cn1)C(=O)O. The molecule has 0 bridgehead atoms. The summed E-state index contributed by atoms with van der Waals surface area (Å²) in [5.74, 6) is -1.79. The molecule has 0 spiro atoms. The van der Waals surface area contributed by atoms with Gasteiger partial charge in [-0.2, -0.15) is 0 Å². The summed E-state index contributed by atoms with van der Waals surface area (Å²) in [4.78, 5) is 26.5. The third kappa shape index (κ3) is 5.07. The quantitative estimate of drug-likeness (QED) is 0.578. The minimum Gasteiger partial charge on any atom is -0.480 e. The molecule has 1 aromatic heterocycles. The second-order valence-electron chi connectivity index (χ2n) is 3.55. The maximum Gasteiger partial charge on any atom is 0.328 e. The summed E-state index contributed by atoms with van der Waals surface area (Å²) < 4.78 is 5.01. The van der Waals surface area contributed by atoms with Crippen LogP contribution in [0.25, 0.3) is 0 Å². The van der Waals surface area contributed by atoms with Gasteiger partial charge in [0.05, 0.1) is 18.2 Å². The monoisotopic (exact) mass is 284 g/mol. The number of carbonyl (C=O) groups is 2. The van der Waals surface area contributed by atoms with Gasteiger partial charge in [-0.15, -0.1) is 6.58 Å². The number of hydrogen-bond donors (Lipinski definition) is 2. The average Bonchev–Trinajstić information content (AvgIpc) is 2.38. The molecule has 102 valence electrons. The maximum absolute atomic E-state index is 11.7. The van der Waals surface area contributed by atoms with Crippen LogP contribution < -0.4 is 5.32 Å². The summed E-state index contributed by atoms with van der Waals surface area (Å²) >= 11 is 5.64. The number of aromatic nitrogens is 1. The Hall–Kier alpha value is -1.92. The Morgan fingerprint density at radius 3 is 2.84 bits per heavy atom. The zero-order valence-electron chi connectivity index (χ0n) is 10.0. The molecule has 1 rings (SSSR count). The van der Waals surface area contributed by atoms with Crippen LogP contribution in [-0.2, 0) is 9.53 Å². The van der Waals surface area contributed by atoms with E-state index in [1.807, 2.05) is 0 Å². The third-order valence-corrected chi connectivity index (χ3v) is 2.31. The minimum atomic E-state index is -1.19. The standard InChI is InChI=1S/C12H13ClN2O4/c1-2-5-19-7-10(12(17)18)15-11(16)9-4-3-8(13)6-14-9/h2-4,6,10H,1,5,7H2,(H,15,16)(H,17,18). The first kappa shape index (κ1) is 15.1. The lowest BCUT2D eigenvalue weighted by atomic mass is 10.2. The topological polar surface area (TPSA) is 88.5 Å². The summed E-state index contributed by atoms with van der Waals surface area (Å²) in [6, 6.07) is 1.75. The van der Waals surface area contributed by atoms with Crippen LogP contribution in [0.1, 0.15) is 10.5 Å². The molecule has 1 unspecified atom stereocenters. The molecule has 0 radical (unpaired) electrons. The number of hydrogen-bond acceptors (Lipinski definition) is 4. The van der Waals surface area contributed by atoms with Gasteiger partial charge < -0.3 is 15.2 Å². The zero-order chi connectivity index (χ0) is 14.3. The second kappa shape index (κ2) is 7.50. The van der Waals surface area contributed by atoms with Crippen molar-refractivity contribution in [2.45, 2.75) is 6.04 Å². The summed E-state index contributed by atoms with van der Waals surface area (Å²) in [6.07, 6.45) is 2.79. The van der Waals surface area contributed by atoms with Crippen LogP contribution in [-0.4, -0.2) is 41.2 Å². The van der Waals surface area contributed by atoms with E-state index in [1.54, 1.807) is 0 Å². The Kier molecular flexibility index (Phi) is 5.98. The van der Waals surface area contributed by atoms with E-state index in [9.17, 15) is 9.59 Å². The molecule has 0 aliphatic rings. The van der Waals surface area contributed by atoms with Crippen molar-refractivity contribution < 1.29 is 19.4 Å². The number of nitrogens with zero attached hydrogens (tertiary/aromatic N) is 1. The van der Waals surface area contributed by atoms with Crippen LogP contribution in [0.15, 0.2) is 31.0 Å². The zero-order valence-corrected chi connectivity index (χ0v) is 10.8. The number of nitrogens with one attached hydrogen (secondary N) is 1. The lowest BCUT2D eigenvalue weighted by molar-refractivity contribution is -0.140. The van der Waals surface area contributed by atoms with Crippen LogP contribution in [0.3, 0.4) is 0 Å². The number of halogens is 1. The first-order valence-electron chi connectivity index (χ1n) is 5.38. The third-order valence-electron chi connectivity index (χ3n) is 2.08. The van der Waals surface area contributed by atoms with Gasteiger partial charge in [-0.3, -0.25) is 4.79 Å². The first-order chi connectivity index (χ1) is 9.04. The highest BCUT2D eigenvalue weighted by Gasteiger charge is 2.21. The fraction of sp³-hybridized carbons (Fsp3) is 0.250. The van der Waals surface area contributed by atoms with Gasteiger partial charge >= 0.3 is 5.97 Å². The maximum atomic E-state index is 11.7. The molecular weight excluding hydrogens is 272 g/mol. The number of pyridine rings is 1.